The van der Waals surface area contributed by atoms with Crippen molar-refractivity contribution in [3.63, 3.8) is 0 Å². The molecule has 0 unspecified atom stereocenters. The Kier molecular flexibility index (Phi) is 4.42. The fraction of sp³-hybridized carbons (Fsp3) is 0.250. The highest BCUT2D eigenvalue weighted by Crippen LogP contribution is 2.32. The first kappa shape index (κ1) is 14.8. The van der Waals surface area contributed by atoms with E-state index in [1.165, 1.54) is 13.2 Å². The molecule has 0 radical (unpaired) electrons. The SMILES string of the molecule is COc1ccc(N=Nc2cc(C)c(C)c(OC)c2)cc1O. The van der Waals surface area contributed by atoms with E-state index in [4.69, 9.17) is 9.47 Å². The Bertz CT molecular complexity index is 681. The minimum Gasteiger partial charge on any atom is -0.504 e. The molecular formula is C16H18N2O3. The Morgan fingerprint density at radius 3 is 2.14 bits per heavy atom. The summed E-state index contributed by atoms with van der Waals surface area (Å²) in [7, 11) is 3.13. The maximum absolute atomic E-state index is 9.70. The molecule has 0 spiro atoms. The number of hydrogen-bond donors (Lipinski definition) is 1. The van der Waals surface area contributed by atoms with Gasteiger partial charge in [0, 0.05) is 12.1 Å². The Morgan fingerprint density at radius 2 is 1.52 bits per heavy atom. The van der Waals surface area contributed by atoms with Crippen LogP contribution in [0, 0.1) is 13.8 Å². The monoisotopic (exact) mass is 286 g/mol. The topological polar surface area (TPSA) is 63.4 Å². The highest BCUT2D eigenvalue weighted by atomic mass is 16.5. The summed E-state index contributed by atoms with van der Waals surface area (Å²) in [5.74, 6) is 1.22. The average molecular weight is 286 g/mol. The second kappa shape index (κ2) is 6.26. The van der Waals surface area contributed by atoms with Gasteiger partial charge in [0.2, 0.25) is 0 Å². The van der Waals surface area contributed by atoms with E-state index < -0.39 is 0 Å². The highest BCUT2D eigenvalue weighted by Gasteiger charge is 2.05. The lowest BCUT2D eigenvalue weighted by Crippen LogP contribution is -1.89. The van der Waals surface area contributed by atoms with Gasteiger partial charge in [-0.25, -0.2) is 0 Å². The third-order valence-corrected chi connectivity index (χ3v) is 3.27. The minimum absolute atomic E-state index is 0.0339. The molecule has 0 aliphatic rings. The fourth-order valence-electron chi connectivity index (χ4n) is 1.93. The van der Waals surface area contributed by atoms with Gasteiger partial charge in [-0.2, -0.15) is 10.2 Å². The van der Waals surface area contributed by atoms with Crippen LogP contribution in [0.2, 0.25) is 0 Å². The lowest BCUT2D eigenvalue weighted by molar-refractivity contribution is 0.373. The van der Waals surface area contributed by atoms with Crippen LogP contribution in [0.3, 0.4) is 0 Å². The molecule has 0 aliphatic heterocycles. The van der Waals surface area contributed by atoms with Crippen molar-refractivity contribution < 1.29 is 14.6 Å². The number of phenolic OH excluding ortho intramolecular Hbond substituents is 1. The van der Waals surface area contributed by atoms with Crippen LogP contribution < -0.4 is 9.47 Å². The lowest BCUT2D eigenvalue weighted by atomic mass is 10.1. The van der Waals surface area contributed by atoms with Crippen molar-refractivity contribution in [3.8, 4) is 17.2 Å². The molecule has 0 fully saturated rings. The number of benzene rings is 2. The summed E-state index contributed by atoms with van der Waals surface area (Å²) < 4.78 is 10.3. The highest BCUT2D eigenvalue weighted by molar-refractivity contribution is 5.53. The normalized spacial score (nSPS) is 10.9. The zero-order valence-corrected chi connectivity index (χ0v) is 12.5. The van der Waals surface area contributed by atoms with Gasteiger partial charge in [0.1, 0.15) is 5.75 Å². The second-order valence-corrected chi connectivity index (χ2v) is 4.65. The van der Waals surface area contributed by atoms with Crippen molar-refractivity contribution in [1.82, 2.24) is 0 Å². The van der Waals surface area contributed by atoms with Gasteiger partial charge in [-0.3, -0.25) is 0 Å². The predicted molar refractivity (Wildman–Crippen MR) is 81.3 cm³/mol. The number of aryl methyl sites for hydroxylation is 1. The first-order valence-electron chi connectivity index (χ1n) is 6.49. The van der Waals surface area contributed by atoms with Crippen LogP contribution >= 0.6 is 0 Å². The molecule has 0 saturated carbocycles. The summed E-state index contributed by atoms with van der Waals surface area (Å²) in [6, 6.07) is 8.63. The van der Waals surface area contributed by atoms with E-state index in [1.807, 2.05) is 26.0 Å². The predicted octanol–water partition coefficient (Wildman–Crippen LogP) is 4.44. The van der Waals surface area contributed by atoms with Gasteiger partial charge < -0.3 is 14.6 Å². The fourth-order valence-corrected chi connectivity index (χ4v) is 1.93. The number of ether oxygens (including phenoxy) is 2. The molecule has 0 atom stereocenters. The summed E-state index contributed by atoms with van der Waals surface area (Å²) in [4.78, 5) is 0. The van der Waals surface area contributed by atoms with Gasteiger partial charge >= 0.3 is 0 Å². The molecule has 0 heterocycles. The number of hydrogen-bond acceptors (Lipinski definition) is 5. The van der Waals surface area contributed by atoms with Gasteiger partial charge in [0.05, 0.1) is 25.6 Å². The molecule has 1 N–H and O–H groups in total. The summed E-state index contributed by atoms with van der Waals surface area (Å²) in [6.45, 7) is 3.99. The zero-order chi connectivity index (χ0) is 15.4. The number of phenols is 1. The van der Waals surface area contributed by atoms with Crippen molar-refractivity contribution >= 4 is 11.4 Å². The van der Waals surface area contributed by atoms with Crippen molar-refractivity contribution in [2.45, 2.75) is 13.8 Å². The van der Waals surface area contributed by atoms with Crippen LogP contribution in [0.1, 0.15) is 11.1 Å². The summed E-state index contributed by atoms with van der Waals surface area (Å²) in [6.07, 6.45) is 0. The number of azo groups is 1. The number of rotatable bonds is 4. The Morgan fingerprint density at radius 1 is 0.857 bits per heavy atom. The van der Waals surface area contributed by atoms with Crippen LogP contribution in [0.15, 0.2) is 40.6 Å². The molecule has 0 aliphatic carbocycles. The van der Waals surface area contributed by atoms with Gasteiger partial charge in [-0.15, -0.1) is 0 Å². The largest absolute Gasteiger partial charge is 0.504 e. The first-order valence-corrected chi connectivity index (χ1v) is 6.49. The van der Waals surface area contributed by atoms with Crippen molar-refractivity contribution in [3.05, 3.63) is 41.5 Å². The van der Waals surface area contributed by atoms with E-state index in [0.717, 1.165) is 16.9 Å². The molecule has 0 bridgehead atoms. The minimum atomic E-state index is 0.0339. The summed E-state index contributed by atoms with van der Waals surface area (Å²) in [5, 5.41) is 18.0. The molecule has 2 rings (SSSR count). The smallest absolute Gasteiger partial charge is 0.160 e. The molecule has 0 aromatic heterocycles. The molecule has 5 nitrogen and oxygen atoms in total. The quantitative estimate of drug-likeness (QED) is 0.845. The van der Waals surface area contributed by atoms with Gasteiger partial charge in [0.15, 0.2) is 11.5 Å². The van der Waals surface area contributed by atoms with E-state index in [0.29, 0.717) is 17.1 Å². The third kappa shape index (κ3) is 3.31. The van der Waals surface area contributed by atoms with E-state index >= 15 is 0 Å². The third-order valence-electron chi connectivity index (χ3n) is 3.27. The van der Waals surface area contributed by atoms with E-state index in [-0.39, 0.29) is 5.75 Å². The standard InChI is InChI=1S/C16H18N2O3/c1-10-7-13(9-16(21-4)11(10)2)18-17-12-5-6-15(20-3)14(19)8-12/h5-9,19H,1-4H3. The Hall–Kier alpha value is -2.56. The maximum Gasteiger partial charge on any atom is 0.160 e. The van der Waals surface area contributed by atoms with Crippen LogP contribution in [0.5, 0.6) is 17.2 Å². The molecule has 2 aromatic carbocycles. The lowest BCUT2D eigenvalue weighted by Gasteiger charge is -2.08. The van der Waals surface area contributed by atoms with Crippen molar-refractivity contribution in [1.29, 1.82) is 0 Å². The number of methoxy groups -OCH3 is 2. The molecule has 0 amide bonds. The Balaban J connectivity index is 2.29. The molecule has 0 saturated heterocycles. The average Bonchev–Trinajstić information content (AvgIpc) is 2.48. The summed E-state index contributed by atoms with van der Waals surface area (Å²) >= 11 is 0. The molecule has 5 heteroatoms. The molecular weight excluding hydrogens is 268 g/mol. The van der Waals surface area contributed by atoms with Crippen molar-refractivity contribution in [2.24, 2.45) is 10.2 Å². The summed E-state index contributed by atoms with van der Waals surface area (Å²) in [5.41, 5.74) is 3.41. The number of nitrogens with zero attached hydrogens (tertiary/aromatic N) is 2. The number of aromatic hydroxyl groups is 1. The second-order valence-electron chi connectivity index (χ2n) is 4.65. The van der Waals surface area contributed by atoms with Gasteiger partial charge in [-0.1, -0.05) is 0 Å². The first-order chi connectivity index (χ1) is 10.0. The molecule has 21 heavy (non-hydrogen) atoms. The van der Waals surface area contributed by atoms with Crippen LogP contribution in [-0.4, -0.2) is 19.3 Å². The molecule has 2 aromatic rings. The zero-order valence-electron chi connectivity index (χ0n) is 12.5. The van der Waals surface area contributed by atoms with E-state index in [1.54, 1.807) is 19.2 Å². The van der Waals surface area contributed by atoms with Crippen LogP contribution in [0.25, 0.3) is 0 Å². The maximum atomic E-state index is 9.70. The van der Waals surface area contributed by atoms with E-state index in [9.17, 15) is 5.11 Å². The van der Waals surface area contributed by atoms with Crippen LogP contribution in [0.4, 0.5) is 11.4 Å². The van der Waals surface area contributed by atoms with E-state index in [2.05, 4.69) is 10.2 Å². The van der Waals surface area contributed by atoms with Gasteiger partial charge in [0.25, 0.3) is 0 Å². The Labute approximate surface area is 123 Å². The molecule has 110 valence electrons. The van der Waals surface area contributed by atoms with Gasteiger partial charge in [-0.05, 0) is 43.2 Å². The van der Waals surface area contributed by atoms with Crippen molar-refractivity contribution in [2.75, 3.05) is 14.2 Å². The van der Waals surface area contributed by atoms with Crippen LogP contribution in [-0.2, 0) is 0 Å².